The summed E-state index contributed by atoms with van der Waals surface area (Å²) in [6, 6.07) is 7.79. The van der Waals surface area contributed by atoms with E-state index in [0.717, 1.165) is 29.7 Å². The van der Waals surface area contributed by atoms with Gasteiger partial charge < -0.3 is 15.5 Å². The minimum atomic E-state index is -0.800. The number of carboxylic acid groups (broad SMARTS) is 1. The summed E-state index contributed by atoms with van der Waals surface area (Å²) < 4.78 is 2.07. The van der Waals surface area contributed by atoms with Crippen molar-refractivity contribution in [1.29, 1.82) is 0 Å². The van der Waals surface area contributed by atoms with E-state index >= 15 is 0 Å². The predicted molar refractivity (Wildman–Crippen MR) is 121 cm³/mol. The van der Waals surface area contributed by atoms with Crippen molar-refractivity contribution in [2.75, 3.05) is 6.54 Å². The first kappa shape index (κ1) is 21.9. The molecule has 0 bridgehead atoms. The number of carbonyl (C=O) groups excluding carboxylic acids is 1. The Kier molecular flexibility index (Phi) is 7.53. The molecule has 0 saturated heterocycles. The highest BCUT2D eigenvalue weighted by molar-refractivity contribution is 7.73. The number of benzene rings is 1. The van der Waals surface area contributed by atoms with Crippen LogP contribution in [0.15, 0.2) is 29.3 Å². The number of aliphatic carboxylic acids is 1. The fourth-order valence-corrected chi connectivity index (χ4v) is 4.42. The van der Waals surface area contributed by atoms with Crippen molar-refractivity contribution < 1.29 is 19.8 Å². The van der Waals surface area contributed by atoms with E-state index in [2.05, 4.69) is 10.3 Å². The first-order valence-corrected chi connectivity index (χ1v) is 10.9. The van der Waals surface area contributed by atoms with Crippen LogP contribution in [-0.4, -0.2) is 39.4 Å². The zero-order valence-electron chi connectivity index (χ0n) is 16.3. The molecule has 1 aromatic heterocycles. The highest BCUT2D eigenvalue weighted by Crippen LogP contribution is 2.35. The maximum atomic E-state index is 12.0. The lowest BCUT2D eigenvalue weighted by molar-refractivity contribution is -0.137. The Balaban J connectivity index is 1.54. The Labute approximate surface area is 183 Å². The molecule has 0 radical (unpaired) electrons. The first-order chi connectivity index (χ1) is 14.5. The number of aromatic hydroxyl groups is 1. The lowest BCUT2D eigenvalue weighted by Gasteiger charge is -2.07. The number of rotatable bonds is 10. The highest BCUT2D eigenvalue weighted by atomic mass is 32.1. The van der Waals surface area contributed by atoms with Gasteiger partial charge in [-0.3, -0.25) is 19.1 Å². The van der Waals surface area contributed by atoms with Gasteiger partial charge in [0.2, 0.25) is 11.8 Å². The third-order valence-electron chi connectivity index (χ3n) is 4.69. The number of aliphatic imine (C=N–C) groups is 1. The van der Waals surface area contributed by atoms with Crippen LogP contribution < -0.4 is 5.32 Å². The number of hydrogen-bond acceptors (Lipinski definition) is 6. The van der Waals surface area contributed by atoms with Gasteiger partial charge in [0.05, 0.1) is 10.6 Å². The van der Waals surface area contributed by atoms with Crippen molar-refractivity contribution in [2.45, 2.75) is 38.6 Å². The zero-order valence-corrected chi connectivity index (χ0v) is 18.0. The van der Waals surface area contributed by atoms with Gasteiger partial charge in [0.15, 0.2) is 3.95 Å². The molecule has 30 heavy (non-hydrogen) atoms. The second kappa shape index (κ2) is 10.3. The Morgan fingerprint density at radius 2 is 2.00 bits per heavy atom. The average molecular weight is 446 g/mol. The van der Waals surface area contributed by atoms with Gasteiger partial charge in [-0.05, 0) is 37.2 Å². The van der Waals surface area contributed by atoms with Gasteiger partial charge in [-0.15, -0.1) is 11.3 Å². The van der Waals surface area contributed by atoms with E-state index in [1.54, 1.807) is 10.8 Å². The maximum Gasteiger partial charge on any atom is 0.303 e. The van der Waals surface area contributed by atoms with Crippen molar-refractivity contribution in [1.82, 2.24) is 9.88 Å². The molecule has 0 saturated carbocycles. The van der Waals surface area contributed by atoms with Crippen LogP contribution in [0.1, 0.15) is 42.5 Å². The number of unbranched alkanes of at least 4 members (excludes halogenated alkanes) is 2. The molecule has 9 heteroatoms. The number of fused-ring (bicyclic) bond motifs is 1. The predicted octanol–water partition coefficient (Wildman–Crippen LogP) is 4.39. The number of nitrogens with one attached hydrogen (secondary N) is 1. The van der Waals surface area contributed by atoms with E-state index in [4.69, 9.17) is 17.3 Å². The molecule has 1 aromatic carbocycles. The molecule has 0 atom stereocenters. The number of allylic oxidation sites excluding steroid dienone is 1. The van der Waals surface area contributed by atoms with E-state index in [9.17, 15) is 14.7 Å². The topological polar surface area (TPSA) is 104 Å². The van der Waals surface area contributed by atoms with Gasteiger partial charge in [0, 0.05) is 43.3 Å². The molecule has 2 heterocycles. The molecule has 0 spiro atoms. The molecule has 0 fully saturated rings. The zero-order chi connectivity index (χ0) is 21.5. The number of amides is 1. The molecule has 0 unspecified atom stereocenters. The lowest BCUT2D eigenvalue weighted by atomic mass is 10.1. The summed E-state index contributed by atoms with van der Waals surface area (Å²) in [5.41, 5.74) is 2.81. The maximum absolute atomic E-state index is 12.0. The summed E-state index contributed by atoms with van der Waals surface area (Å²) in [5.74, 6) is -0.875. The van der Waals surface area contributed by atoms with Gasteiger partial charge in [0.1, 0.15) is 0 Å². The van der Waals surface area contributed by atoms with Gasteiger partial charge in [0.25, 0.3) is 0 Å². The quantitative estimate of drug-likeness (QED) is 0.372. The summed E-state index contributed by atoms with van der Waals surface area (Å²) in [6.07, 6.45) is 6.08. The molecule has 1 aliphatic rings. The monoisotopic (exact) mass is 445 g/mol. The second-order valence-corrected chi connectivity index (χ2v) is 8.56. The van der Waals surface area contributed by atoms with Gasteiger partial charge in [-0.1, -0.05) is 24.6 Å². The average Bonchev–Trinajstić information content (AvgIpc) is 3.24. The van der Waals surface area contributed by atoms with Crippen LogP contribution in [0.3, 0.4) is 0 Å². The van der Waals surface area contributed by atoms with E-state index in [-0.39, 0.29) is 24.6 Å². The molecule has 7 nitrogen and oxygen atoms in total. The van der Waals surface area contributed by atoms with Crippen molar-refractivity contribution in [3.63, 3.8) is 0 Å². The van der Waals surface area contributed by atoms with Crippen LogP contribution in [0.25, 0.3) is 11.6 Å². The smallest absolute Gasteiger partial charge is 0.303 e. The van der Waals surface area contributed by atoms with Crippen molar-refractivity contribution in [2.24, 2.45) is 4.99 Å². The molecular formula is C21H23N3O4S2. The number of aromatic nitrogens is 1. The van der Waals surface area contributed by atoms with Crippen LogP contribution in [0.5, 0.6) is 5.88 Å². The fourth-order valence-electron chi connectivity index (χ4n) is 3.11. The number of carbonyl (C=O) groups is 2. The number of para-hydroxylation sites is 1. The van der Waals surface area contributed by atoms with Gasteiger partial charge in [-0.2, -0.15) is 0 Å². The largest absolute Gasteiger partial charge is 0.493 e. The SMILES string of the molecule is O=C(O)CCCCCNC(=O)CCn1c(O)c(/C=C2/C=Nc3ccccc32)sc1=S. The molecule has 1 aliphatic heterocycles. The minimum Gasteiger partial charge on any atom is -0.493 e. The van der Waals surface area contributed by atoms with E-state index < -0.39 is 5.97 Å². The summed E-state index contributed by atoms with van der Waals surface area (Å²) >= 11 is 6.66. The van der Waals surface area contributed by atoms with Crippen molar-refractivity contribution in [3.8, 4) is 5.88 Å². The van der Waals surface area contributed by atoms with E-state index in [0.29, 0.717) is 28.3 Å². The number of thiazole rings is 1. The standard InChI is InChI=1S/C21H23N3O4S2/c25-18(22-10-5-1-2-8-19(26)27)9-11-24-20(28)17(30-21(24)29)12-14-13-23-16-7-4-3-6-15(14)16/h3-4,6-7,12-13,28H,1-2,5,8-11H2,(H,22,25)(H,26,27)/b14-12-. The molecule has 2 aromatic rings. The first-order valence-electron chi connectivity index (χ1n) is 9.72. The molecule has 1 amide bonds. The second-order valence-electron chi connectivity index (χ2n) is 6.89. The van der Waals surface area contributed by atoms with Crippen LogP contribution in [0.2, 0.25) is 0 Å². The number of carboxylic acids is 1. The van der Waals surface area contributed by atoms with Gasteiger partial charge in [-0.25, -0.2) is 0 Å². The van der Waals surface area contributed by atoms with Crippen molar-refractivity contribution >= 4 is 59.0 Å². The highest BCUT2D eigenvalue weighted by Gasteiger charge is 2.15. The van der Waals surface area contributed by atoms with Crippen LogP contribution >= 0.6 is 23.6 Å². The molecular weight excluding hydrogens is 422 g/mol. The Hall–Kier alpha value is -2.78. The van der Waals surface area contributed by atoms with E-state index in [1.165, 1.54) is 11.3 Å². The Morgan fingerprint density at radius 1 is 1.20 bits per heavy atom. The van der Waals surface area contributed by atoms with Crippen LogP contribution in [-0.2, 0) is 16.1 Å². The summed E-state index contributed by atoms with van der Waals surface area (Å²) in [5, 5.41) is 22.0. The summed E-state index contributed by atoms with van der Waals surface area (Å²) in [7, 11) is 0. The third kappa shape index (κ3) is 5.64. The fraction of sp³-hybridized carbons (Fsp3) is 0.333. The van der Waals surface area contributed by atoms with Crippen molar-refractivity contribution in [3.05, 3.63) is 38.7 Å². The number of nitrogens with zero attached hydrogens (tertiary/aromatic N) is 2. The lowest BCUT2D eigenvalue weighted by Crippen LogP contribution is -2.25. The van der Waals surface area contributed by atoms with Gasteiger partial charge >= 0.3 is 5.97 Å². The summed E-state index contributed by atoms with van der Waals surface area (Å²) in [4.78, 5) is 27.5. The third-order valence-corrected chi connectivity index (χ3v) is 6.08. The molecule has 3 rings (SSSR count). The minimum absolute atomic E-state index is 0.0525. The Morgan fingerprint density at radius 3 is 2.80 bits per heavy atom. The normalized spacial score (nSPS) is 13.5. The molecule has 0 aliphatic carbocycles. The van der Waals surface area contributed by atoms with Crippen LogP contribution in [0, 0.1) is 3.95 Å². The summed E-state index contributed by atoms with van der Waals surface area (Å²) in [6.45, 7) is 0.801. The molecule has 3 N–H and O–H groups in total. The molecule has 158 valence electrons. The number of hydrogen-bond donors (Lipinski definition) is 3. The Bertz CT molecular complexity index is 1050. The van der Waals surface area contributed by atoms with Crippen LogP contribution in [0.4, 0.5) is 5.69 Å². The van der Waals surface area contributed by atoms with E-state index in [1.807, 2.05) is 30.3 Å².